The van der Waals surface area contributed by atoms with Crippen LogP contribution in [0.3, 0.4) is 0 Å². The maximum absolute atomic E-state index is 14.3. The van der Waals surface area contributed by atoms with Gasteiger partial charge >= 0.3 is 5.97 Å². The van der Waals surface area contributed by atoms with Crippen LogP contribution < -0.4 is 9.47 Å². The Hall–Kier alpha value is -4.51. The molecular formula is C41H41ClFN3O5S. The molecule has 0 bridgehead atoms. The number of aryl methyl sites for hydroxylation is 2. The van der Waals surface area contributed by atoms with E-state index in [9.17, 15) is 14.3 Å². The van der Waals surface area contributed by atoms with Gasteiger partial charge in [0.2, 0.25) is 0 Å². The summed E-state index contributed by atoms with van der Waals surface area (Å²) in [4.78, 5) is 14.3. The van der Waals surface area contributed by atoms with E-state index < -0.39 is 5.97 Å². The molecule has 3 heterocycles. The second-order valence-corrected chi connectivity index (χ2v) is 15.4. The predicted molar refractivity (Wildman–Crippen MR) is 204 cm³/mol. The van der Waals surface area contributed by atoms with Gasteiger partial charge in [-0.05, 0) is 96.3 Å². The number of halogens is 2. The van der Waals surface area contributed by atoms with Crippen molar-refractivity contribution in [1.29, 1.82) is 0 Å². The fourth-order valence-electron chi connectivity index (χ4n) is 7.40. The van der Waals surface area contributed by atoms with Crippen LogP contribution >= 0.6 is 23.4 Å². The van der Waals surface area contributed by atoms with E-state index in [0.29, 0.717) is 41.7 Å². The summed E-state index contributed by atoms with van der Waals surface area (Å²) in [5.74, 6) is 1.44. The number of esters is 1. The Bertz CT molecular complexity index is 2310. The van der Waals surface area contributed by atoms with Crippen molar-refractivity contribution in [3.05, 3.63) is 106 Å². The third-order valence-corrected chi connectivity index (χ3v) is 11.1. The molecule has 0 saturated carbocycles. The number of carbonyl (C=O) groups excluding carboxylic acids is 1. The van der Waals surface area contributed by atoms with Crippen molar-refractivity contribution in [2.75, 3.05) is 20.8 Å². The molecule has 2 aromatic heterocycles. The molecule has 11 heteroatoms. The Morgan fingerprint density at radius 2 is 1.85 bits per heavy atom. The Kier molecular flexibility index (Phi) is 9.99. The minimum atomic E-state index is -0.449. The highest BCUT2D eigenvalue weighted by Gasteiger charge is 2.35. The molecule has 4 aromatic carbocycles. The van der Waals surface area contributed by atoms with E-state index in [1.807, 2.05) is 64.7 Å². The molecule has 0 amide bonds. The maximum atomic E-state index is 14.3. The average Bonchev–Trinajstić information content (AvgIpc) is 3.72. The monoisotopic (exact) mass is 741 g/mol. The van der Waals surface area contributed by atoms with Gasteiger partial charge in [0.15, 0.2) is 0 Å². The number of aliphatic hydroxyl groups is 1. The van der Waals surface area contributed by atoms with E-state index in [0.717, 1.165) is 79.0 Å². The first-order valence-electron chi connectivity index (χ1n) is 17.2. The number of rotatable bonds is 12. The van der Waals surface area contributed by atoms with Gasteiger partial charge in [0.25, 0.3) is 0 Å². The highest BCUT2D eigenvalue weighted by molar-refractivity contribution is 7.98. The molecule has 1 aliphatic rings. The lowest BCUT2D eigenvalue weighted by Gasteiger charge is -2.16. The van der Waals surface area contributed by atoms with Gasteiger partial charge in [-0.3, -0.25) is 4.68 Å². The summed E-state index contributed by atoms with van der Waals surface area (Å²) in [6.07, 6.45) is 1.35. The number of aromatic nitrogens is 3. The largest absolute Gasteiger partial charge is 0.497 e. The Labute approximate surface area is 311 Å². The van der Waals surface area contributed by atoms with Crippen molar-refractivity contribution in [1.82, 2.24) is 14.3 Å². The molecular weight excluding hydrogens is 701 g/mol. The van der Waals surface area contributed by atoms with Crippen LogP contribution in [-0.4, -0.2) is 46.2 Å². The lowest BCUT2D eigenvalue weighted by atomic mass is 9.88. The molecule has 0 atom stereocenters. The van der Waals surface area contributed by atoms with Gasteiger partial charge in [-0.25, -0.2) is 9.18 Å². The van der Waals surface area contributed by atoms with E-state index in [2.05, 4.69) is 13.8 Å². The Morgan fingerprint density at radius 3 is 2.58 bits per heavy atom. The normalized spacial score (nSPS) is 13.5. The van der Waals surface area contributed by atoms with E-state index in [4.69, 9.17) is 30.9 Å². The summed E-state index contributed by atoms with van der Waals surface area (Å²) >= 11 is 8.63. The molecule has 6 aromatic rings. The van der Waals surface area contributed by atoms with E-state index >= 15 is 0 Å². The zero-order valence-corrected chi connectivity index (χ0v) is 31.5. The number of aliphatic hydroxyl groups excluding tert-OH is 1. The van der Waals surface area contributed by atoms with Gasteiger partial charge in [-0.1, -0.05) is 37.6 Å². The lowest BCUT2D eigenvalue weighted by molar-refractivity contribution is 0.0587. The highest BCUT2D eigenvalue weighted by Crippen LogP contribution is 2.46. The van der Waals surface area contributed by atoms with Crippen LogP contribution in [0.5, 0.6) is 11.5 Å². The Balaban J connectivity index is 1.18. The lowest BCUT2D eigenvalue weighted by Crippen LogP contribution is -2.13. The highest BCUT2D eigenvalue weighted by atomic mass is 35.5. The standard InChI is InChI=1S/C41H41ClFN3O5S/c1-24-36-33(14-13-31(42)37(36)38-32(21-47)44-46-23-41(2,3)20-34(38)46)45(39(24)40(48)50-5)15-6-16-51-35-19-29(18-26-17-27(43)9-12-30(26)35)52-22-25-7-10-28(49-4)11-8-25/h7-14,17-19,47H,6,15-16,20-23H2,1-5H3. The topological polar surface area (TPSA) is 87.7 Å². The van der Waals surface area contributed by atoms with Crippen LogP contribution in [0.2, 0.25) is 5.02 Å². The molecule has 1 aliphatic heterocycles. The van der Waals surface area contributed by atoms with Crippen LogP contribution in [0.1, 0.15) is 53.3 Å². The minimum Gasteiger partial charge on any atom is -0.497 e. The number of carbonyl (C=O) groups is 1. The summed E-state index contributed by atoms with van der Waals surface area (Å²) in [5.41, 5.74) is 6.36. The van der Waals surface area contributed by atoms with E-state index in [-0.39, 0.29) is 17.8 Å². The third kappa shape index (κ3) is 6.75. The van der Waals surface area contributed by atoms with Crippen molar-refractivity contribution in [3.63, 3.8) is 0 Å². The van der Waals surface area contributed by atoms with E-state index in [1.165, 1.54) is 19.2 Å². The minimum absolute atomic E-state index is 0.0117. The van der Waals surface area contributed by atoms with E-state index in [1.54, 1.807) is 24.9 Å². The summed E-state index contributed by atoms with van der Waals surface area (Å²) in [6.45, 7) is 7.62. The number of benzene rings is 4. The predicted octanol–water partition coefficient (Wildman–Crippen LogP) is 9.39. The van der Waals surface area contributed by atoms with Crippen LogP contribution in [0.4, 0.5) is 4.39 Å². The summed E-state index contributed by atoms with van der Waals surface area (Å²) in [5, 5.41) is 18.1. The molecule has 270 valence electrons. The maximum Gasteiger partial charge on any atom is 0.354 e. The summed E-state index contributed by atoms with van der Waals surface area (Å²) in [6, 6.07) is 20.4. The molecule has 1 N–H and O–H groups in total. The molecule has 8 nitrogen and oxygen atoms in total. The van der Waals surface area contributed by atoms with Crippen molar-refractivity contribution < 1.29 is 28.5 Å². The molecule has 0 saturated heterocycles. The Morgan fingerprint density at radius 1 is 1.06 bits per heavy atom. The average molecular weight is 742 g/mol. The summed E-state index contributed by atoms with van der Waals surface area (Å²) < 4.78 is 35.3. The molecule has 7 rings (SSSR count). The molecule has 0 aliphatic carbocycles. The number of hydrogen-bond acceptors (Lipinski definition) is 7. The second-order valence-electron chi connectivity index (χ2n) is 14.0. The van der Waals surface area contributed by atoms with Crippen LogP contribution in [0.15, 0.2) is 71.6 Å². The molecule has 0 spiro atoms. The quantitative estimate of drug-likeness (QED) is 0.0760. The fraction of sp³-hybridized carbons (Fsp3) is 0.317. The van der Waals surface area contributed by atoms with Gasteiger partial charge in [-0.2, -0.15) is 5.10 Å². The molecule has 0 radical (unpaired) electrons. The first-order valence-corrected chi connectivity index (χ1v) is 18.6. The van der Waals surface area contributed by atoms with Crippen molar-refractivity contribution >= 4 is 51.0 Å². The number of thioether (sulfide) groups is 1. The third-order valence-electron chi connectivity index (χ3n) is 9.75. The van der Waals surface area contributed by atoms with Gasteiger partial charge in [0, 0.05) is 61.9 Å². The van der Waals surface area contributed by atoms with Crippen LogP contribution in [0, 0.1) is 18.2 Å². The van der Waals surface area contributed by atoms with Gasteiger partial charge < -0.3 is 23.9 Å². The molecule has 52 heavy (non-hydrogen) atoms. The zero-order valence-electron chi connectivity index (χ0n) is 29.9. The first kappa shape index (κ1) is 35.9. The van der Waals surface area contributed by atoms with Crippen molar-refractivity contribution in [2.24, 2.45) is 5.41 Å². The smallest absolute Gasteiger partial charge is 0.354 e. The van der Waals surface area contributed by atoms with Crippen LogP contribution in [-0.2, 0) is 36.6 Å². The van der Waals surface area contributed by atoms with Gasteiger partial charge in [0.05, 0.1) is 33.1 Å². The van der Waals surface area contributed by atoms with Crippen molar-refractivity contribution in [3.8, 4) is 22.6 Å². The number of nitrogens with zero attached hydrogens (tertiary/aromatic N) is 3. The number of ether oxygens (including phenoxy) is 3. The zero-order chi connectivity index (χ0) is 36.7. The van der Waals surface area contributed by atoms with Crippen LogP contribution in [0.25, 0.3) is 32.8 Å². The van der Waals surface area contributed by atoms with Gasteiger partial charge in [-0.15, -0.1) is 11.8 Å². The number of fused-ring (bicyclic) bond motifs is 3. The second kappa shape index (κ2) is 14.5. The summed E-state index contributed by atoms with van der Waals surface area (Å²) in [7, 11) is 3.03. The fourth-order valence-corrected chi connectivity index (χ4v) is 8.58. The SMILES string of the molecule is COC(=O)c1c(C)c2c(-c3c(CO)nn4c3CC(C)(C)C4)c(Cl)ccc2n1CCCOc1cc(SCc2ccc(OC)cc2)cc2cc(F)ccc12. The van der Waals surface area contributed by atoms with Gasteiger partial charge in [0.1, 0.15) is 23.0 Å². The van der Waals surface area contributed by atoms with Crippen molar-refractivity contribution in [2.45, 2.75) is 64.0 Å². The molecule has 0 unspecified atom stereocenters. The molecule has 0 fully saturated rings. The first-order chi connectivity index (χ1) is 25.0. The number of methoxy groups -OCH3 is 2. The number of hydrogen-bond donors (Lipinski definition) is 1.